The molecule has 1 heterocycles. The van der Waals surface area contributed by atoms with Crippen LogP contribution in [0.3, 0.4) is 0 Å². The lowest BCUT2D eigenvalue weighted by atomic mass is 10.1. The largest absolute Gasteiger partial charge is 0.416 e. The van der Waals surface area contributed by atoms with E-state index in [1.165, 1.54) is 17.0 Å². The zero-order chi connectivity index (χ0) is 19.6. The normalized spacial score (nSPS) is 11.3. The highest BCUT2D eigenvalue weighted by atomic mass is 19.4. The monoisotopic (exact) mass is 376 g/mol. The highest BCUT2D eigenvalue weighted by Gasteiger charge is 2.30. The van der Waals surface area contributed by atoms with E-state index in [1.54, 1.807) is 38.4 Å². The molecule has 6 nitrogen and oxygen atoms in total. The Morgan fingerprint density at radius 1 is 1.04 bits per heavy atom. The Bertz CT molecular complexity index is 950. The Kier molecular flexibility index (Phi) is 4.85. The minimum Gasteiger partial charge on any atom is -0.412 e. The molecule has 0 bridgehead atoms. The fourth-order valence-electron chi connectivity index (χ4n) is 2.29. The lowest BCUT2D eigenvalue weighted by Crippen LogP contribution is -2.21. The van der Waals surface area contributed by atoms with Crippen LogP contribution in [0, 0.1) is 0 Å². The van der Waals surface area contributed by atoms with E-state index in [4.69, 9.17) is 4.42 Å². The molecule has 0 saturated carbocycles. The molecule has 0 unspecified atom stereocenters. The van der Waals surface area contributed by atoms with Crippen LogP contribution in [0.5, 0.6) is 0 Å². The number of nitrogens with one attached hydrogen (secondary N) is 1. The third-order valence-electron chi connectivity index (χ3n) is 3.66. The smallest absolute Gasteiger partial charge is 0.412 e. The molecule has 0 aliphatic heterocycles. The van der Waals surface area contributed by atoms with E-state index >= 15 is 0 Å². The van der Waals surface area contributed by atoms with Crippen LogP contribution in [0.4, 0.5) is 24.5 Å². The second-order valence-corrected chi connectivity index (χ2v) is 5.86. The van der Waals surface area contributed by atoms with Crippen LogP contribution >= 0.6 is 0 Å². The van der Waals surface area contributed by atoms with Crippen molar-refractivity contribution in [1.29, 1.82) is 0 Å². The second kappa shape index (κ2) is 7.10. The van der Waals surface area contributed by atoms with E-state index < -0.39 is 17.6 Å². The van der Waals surface area contributed by atoms with Crippen molar-refractivity contribution in [2.24, 2.45) is 0 Å². The molecule has 0 atom stereocenters. The zero-order valence-electron chi connectivity index (χ0n) is 14.4. The third kappa shape index (κ3) is 4.08. The summed E-state index contributed by atoms with van der Waals surface area (Å²) >= 11 is 0. The zero-order valence-corrected chi connectivity index (χ0v) is 14.4. The molecule has 27 heavy (non-hydrogen) atoms. The van der Waals surface area contributed by atoms with Gasteiger partial charge in [0.1, 0.15) is 0 Å². The number of amides is 1. The van der Waals surface area contributed by atoms with E-state index in [9.17, 15) is 18.0 Å². The number of rotatable bonds is 4. The number of hydrogen-bond donors (Lipinski definition) is 1. The van der Waals surface area contributed by atoms with Crippen LogP contribution < -0.4 is 5.32 Å². The molecular weight excluding hydrogens is 361 g/mol. The standard InChI is InChI=1S/C18H15F3N4O2/c1-25(2)17(26)16-24-23-15(27-16)13-5-3-4-6-14(13)22-12-9-7-11(8-10-12)18(19,20)21/h3-10,22H,1-2H3. The third-order valence-corrected chi connectivity index (χ3v) is 3.66. The predicted octanol–water partition coefficient (Wildman–Crippen LogP) is 4.20. The van der Waals surface area contributed by atoms with Gasteiger partial charge in [-0.3, -0.25) is 4.79 Å². The SMILES string of the molecule is CN(C)C(=O)c1nnc(-c2ccccc2Nc2ccc(C(F)(F)F)cc2)o1. The van der Waals surface area contributed by atoms with Crippen LogP contribution in [-0.2, 0) is 6.18 Å². The molecule has 1 amide bonds. The Labute approximate surface area is 152 Å². The minimum atomic E-state index is -4.39. The summed E-state index contributed by atoms with van der Waals surface area (Å²) in [5.41, 5.74) is 0.789. The first-order chi connectivity index (χ1) is 12.8. The van der Waals surface area contributed by atoms with Gasteiger partial charge in [0.25, 0.3) is 0 Å². The fraction of sp³-hybridized carbons (Fsp3) is 0.167. The van der Waals surface area contributed by atoms with Gasteiger partial charge < -0.3 is 14.6 Å². The van der Waals surface area contributed by atoms with E-state index in [0.717, 1.165) is 12.1 Å². The van der Waals surface area contributed by atoms with Crippen molar-refractivity contribution < 1.29 is 22.4 Å². The molecular formula is C18H15F3N4O2. The molecule has 0 aliphatic rings. The summed E-state index contributed by atoms with van der Waals surface area (Å²) < 4.78 is 43.5. The van der Waals surface area contributed by atoms with Crippen LogP contribution in [-0.4, -0.2) is 35.1 Å². The number of nitrogens with zero attached hydrogens (tertiary/aromatic N) is 3. The number of aromatic nitrogens is 2. The van der Waals surface area contributed by atoms with Crippen LogP contribution in [0.1, 0.15) is 16.2 Å². The van der Waals surface area contributed by atoms with Gasteiger partial charge in [0, 0.05) is 19.8 Å². The van der Waals surface area contributed by atoms with Gasteiger partial charge >= 0.3 is 18.0 Å². The predicted molar refractivity (Wildman–Crippen MR) is 92.5 cm³/mol. The highest BCUT2D eigenvalue weighted by Crippen LogP contribution is 2.32. The van der Waals surface area contributed by atoms with Gasteiger partial charge in [0.15, 0.2) is 0 Å². The minimum absolute atomic E-state index is 0.121. The number of anilines is 2. The van der Waals surface area contributed by atoms with Crippen molar-refractivity contribution in [3.05, 3.63) is 60.0 Å². The molecule has 9 heteroatoms. The van der Waals surface area contributed by atoms with E-state index in [0.29, 0.717) is 16.9 Å². The van der Waals surface area contributed by atoms with Crippen LogP contribution in [0.15, 0.2) is 52.9 Å². The second-order valence-electron chi connectivity index (χ2n) is 5.86. The average Bonchev–Trinajstić information content (AvgIpc) is 3.11. The summed E-state index contributed by atoms with van der Waals surface area (Å²) in [6, 6.07) is 11.5. The van der Waals surface area contributed by atoms with E-state index in [2.05, 4.69) is 15.5 Å². The number of benzene rings is 2. The van der Waals surface area contributed by atoms with Gasteiger partial charge in [-0.15, -0.1) is 10.2 Å². The summed E-state index contributed by atoms with van der Waals surface area (Å²) in [6.07, 6.45) is -4.39. The molecule has 3 aromatic rings. The van der Waals surface area contributed by atoms with Crippen molar-refractivity contribution in [1.82, 2.24) is 15.1 Å². The Balaban J connectivity index is 1.88. The highest BCUT2D eigenvalue weighted by molar-refractivity contribution is 5.89. The summed E-state index contributed by atoms with van der Waals surface area (Å²) in [5, 5.41) is 10.6. The number of halogens is 3. The first-order valence-corrected chi connectivity index (χ1v) is 7.84. The Morgan fingerprint density at radius 2 is 1.70 bits per heavy atom. The lowest BCUT2D eigenvalue weighted by molar-refractivity contribution is -0.137. The van der Waals surface area contributed by atoms with Crippen molar-refractivity contribution in [3.63, 3.8) is 0 Å². The maximum atomic E-state index is 12.7. The molecule has 1 N–H and O–H groups in total. The summed E-state index contributed by atoms with van der Waals surface area (Å²) in [7, 11) is 3.12. The van der Waals surface area contributed by atoms with Gasteiger partial charge in [-0.1, -0.05) is 12.1 Å². The van der Waals surface area contributed by atoms with Gasteiger partial charge in [-0.05, 0) is 36.4 Å². The molecule has 2 aromatic carbocycles. The van der Waals surface area contributed by atoms with Crippen molar-refractivity contribution in [2.75, 3.05) is 19.4 Å². The van der Waals surface area contributed by atoms with E-state index in [1.807, 2.05) is 0 Å². The summed E-state index contributed by atoms with van der Waals surface area (Å²) in [6.45, 7) is 0. The maximum Gasteiger partial charge on any atom is 0.416 e. The maximum absolute atomic E-state index is 12.7. The topological polar surface area (TPSA) is 71.3 Å². The Hall–Kier alpha value is -3.36. The summed E-state index contributed by atoms with van der Waals surface area (Å²) in [4.78, 5) is 13.2. The number of carbonyl (C=O) groups is 1. The summed E-state index contributed by atoms with van der Waals surface area (Å²) in [5.74, 6) is -0.462. The molecule has 140 valence electrons. The lowest BCUT2D eigenvalue weighted by Gasteiger charge is -2.11. The molecule has 3 rings (SSSR count). The molecule has 0 aliphatic carbocycles. The van der Waals surface area contributed by atoms with Crippen molar-refractivity contribution >= 4 is 17.3 Å². The first-order valence-electron chi connectivity index (χ1n) is 7.84. The van der Waals surface area contributed by atoms with Gasteiger partial charge in [-0.25, -0.2) is 0 Å². The van der Waals surface area contributed by atoms with Crippen LogP contribution in [0.25, 0.3) is 11.5 Å². The molecule has 0 radical (unpaired) electrons. The van der Waals surface area contributed by atoms with Crippen molar-refractivity contribution in [2.45, 2.75) is 6.18 Å². The van der Waals surface area contributed by atoms with Gasteiger partial charge in [-0.2, -0.15) is 13.2 Å². The van der Waals surface area contributed by atoms with Crippen molar-refractivity contribution in [3.8, 4) is 11.5 Å². The number of para-hydroxylation sites is 1. The molecule has 1 aromatic heterocycles. The average molecular weight is 376 g/mol. The van der Waals surface area contributed by atoms with Gasteiger partial charge in [0.05, 0.1) is 16.8 Å². The molecule has 0 spiro atoms. The molecule has 0 fully saturated rings. The van der Waals surface area contributed by atoms with Crippen LogP contribution in [0.2, 0.25) is 0 Å². The number of alkyl halides is 3. The first kappa shape index (κ1) is 18.4. The van der Waals surface area contributed by atoms with Gasteiger partial charge in [0.2, 0.25) is 5.89 Å². The number of hydrogen-bond acceptors (Lipinski definition) is 5. The quantitative estimate of drug-likeness (QED) is 0.739. The Morgan fingerprint density at radius 3 is 2.33 bits per heavy atom. The van der Waals surface area contributed by atoms with E-state index in [-0.39, 0.29) is 11.8 Å². The number of carbonyl (C=O) groups excluding carboxylic acids is 1. The molecule has 0 saturated heterocycles. The fourth-order valence-corrected chi connectivity index (χ4v) is 2.29.